The molecule has 0 atom stereocenters. The summed E-state index contributed by atoms with van der Waals surface area (Å²) in [5.41, 5.74) is 2.98. The van der Waals surface area contributed by atoms with Gasteiger partial charge in [-0.05, 0) is 43.5 Å². The molecule has 1 aromatic carbocycles. The number of nitrogens with one attached hydrogen (secondary N) is 1. The van der Waals surface area contributed by atoms with Crippen LogP contribution in [0, 0.1) is 25.2 Å². The Labute approximate surface area is 96.1 Å². The van der Waals surface area contributed by atoms with Gasteiger partial charge in [0.25, 0.3) is 5.91 Å². The fourth-order valence-corrected chi connectivity index (χ4v) is 1.35. The minimum Gasteiger partial charge on any atom is -0.352 e. The average molecular weight is 216 g/mol. The van der Waals surface area contributed by atoms with Crippen LogP contribution < -0.4 is 5.32 Å². The summed E-state index contributed by atoms with van der Waals surface area (Å²) >= 11 is 0. The van der Waals surface area contributed by atoms with Crippen LogP contribution >= 0.6 is 0 Å². The van der Waals surface area contributed by atoms with E-state index in [1.54, 1.807) is 0 Å². The van der Waals surface area contributed by atoms with Gasteiger partial charge in [-0.2, -0.15) is 5.26 Å². The Balaban J connectivity index is 2.53. The molecule has 0 saturated carbocycles. The molecule has 1 N–H and O–H groups in total. The third-order valence-electron chi connectivity index (χ3n) is 2.52. The van der Waals surface area contributed by atoms with Gasteiger partial charge in [-0.25, -0.2) is 0 Å². The van der Waals surface area contributed by atoms with E-state index in [1.807, 2.05) is 38.1 Å². The van der Waals surface area contributed by atoms with E-state index in [0.29, 0.717) is 24.9 Å². The fourth-order valence-electron chi connectivity index (χ4n) is 1.35. The van der Waals surface area contributed by atoms with Crippen LogP contribution in [-0.2, 0) is 0 Å². The van der Waals surface area contributed by atoms with Gasteiger partial charge >= 0.3 is 0 Å². The summed E-state index contributed by atoms with van der Waals surface area (Å²) in [6, 6.07) is 7.70. The third-order valence-corrected chi connectivity index (χ3v) is 2.52. The van der Waals surface area contributed by atoms with E-state index in [1.165, 1.54) is 5.56 Å². The lowest BCUT2D eigenvalue weighted by Crippen LogP contribution is -2.24. The molecule has 16 heavy (non-hydrogen) atoms. The first-order valence-electron chi connectivity index (χ1n) is 5.37. The van der Waals surface area contributed by atoms with E-state index in [9.17, 15) is 4.79 Å². The normalized spacial score (nSPS) is 9.56. The van der Waals surface area contributed by atoms with Crippen molar-refractivity contribution in [3.05, 3.63) is 34.9 Å². The summed E-state index contributed by atoms with van der Waals surface area (Å²) in [5.74, 6) is -0.0685. The number of hydrogen-bond acceptors (Lipinski definition) is 2. The number of unbranched alkanes of at least 4 members (excludes halogenated alkanes) is 1. The molecule has 1 amide bonds. The fraction of sp³-hybridized carbons (Fsp3) is 0.385. The lowest BCUT2D eigenvalue weighted by molar-refractivity contribution is 0.0953. The summed E-state index contributed by atoms with van der Waals surface area (Å²) in [6.45, 7) is 4.56. The minimum atomic E-state index is -0.0685. The summed E-state index contributed by atoms with van der Waals surface area (Å²) < 4.78 is 0. The van der Waals surface area contributed by atoms with Crippen LogP contribution in [-0.4, -0.2) is 12.5 Å². The van der Waals surface area contributed by atoms with Crippen molar-refractivity contribution in [3.63, 3.8) is 0 Å². The van der Waals surface area contributed by atoms with E-state index >= 15 is 0 Å². The molecule has 0 aromatic heterocycles. The Morgan fingerprint density at radius 1 is 1.38 bits per heavy atom. The van der Waals surface area contributed by atoms with E-state index in [0.717, 1.165) is 5.56 Å². The van der Waals surface area contributed by atoms with Crippen molar-refractivity contribution in [1.82, 2.24) is 5.32 Å². The van der Waals surface area contributed by atoms with E-state index in [2.05, 4.69) is 5.32 Å². The second-order valence-electron chi connectivity index (χ2n) is 3.82. The molecule has 0 fully saturated rings. The second-order valence-corrected chi connectivity index (χ2v) is 3.82. The number of nitriles is 1. The summed E-state index contributed by atoms with van der Waals surface area (Å²) in [7, 11) is 0. The van der Waals surface area contributed by atoms with Gasteiger partial charge in [-0.15, -0.1) is 0 Å². The molecule has 1 rings (SSSR count). The predicted octanol–water partition coefficient (Wildman–Crippen LogP) is 2.34. The first kappa shape index (κ1) is 12.3. The highest BCUT2D eigenvalue weighted by Gasteiger charge is 2.05. The van der Waals surface area contributed by atoms with E-state index in [4.69, 9.17) is 5.26 Å². The number of aryl methyl sites for hydroxylation is 2. The average Bonchev–Trinajstić information content (AvgIpc) is 2.28. The highest BCUT2D eigenvalue weighted by molar-refractivity contribution is 5.94. The zero-order chi connectivity index (χ0) is 12.0. The maximum absolute atomic E-state index is 11.7. The molecule has 0 saturated heterocycles. The number of amides is 1. The highest BCUT2D eigenvalue weighted by atomic mass is 16.1. The maximum atomic E-state index is 11.7. The predicted molar refractivity (Wildman–Crippen MR) is 63.1 cm³/mol. The monoisotopic (exact) mass is 216 g/mol. The van der Waals surface area contributed by atoms with Gasteiger partial charge in [0, 0.05) is 18.5 Å². The van der Waals surface area contributed by atoms with Crippen molar-refractivity contribution >= 4 is 5.91 Å². The van der Waals surface area contributed by atoms with E-state index in [-0.39, 0.29) is 5.91 Å². The van der Waals surface area contributed by atoms with Crippen molar-refractivity contribution in [2.24, 2.45) is 0 Å². The van der Waals surface area contributed by atoms with Gasteiger partial charge in [0.05, 0.1) is 6.07 Å². The minimum absolute atomic E-state index is 0.0685. The number of carbonyl (C=O) groups is 1. The molecule has 0 heterocycles. The molecule has 3 heteroatoms. The summed E-state index contributed by atoms with van der Waals surface area (Å²) in [6.07, 6.45) is 1.18. The van der Waals surface area contributed by atoms with Crippen LogP contribution in [0.1, 0.15) is 34.3 Å². The molecule has 0 radical (unpaired) electrons. The molecular formula is C13H16N2O. The number of carbonyl (C=O) groups excluding carboxylic acids is 1. The first-order valence-corrected chi connectivity index (χ1v) is 5.37. The van der Waals surface area contributed by atoms with Crippen LogP contribution in [0.3, 0.4) is 0 Å². The maximum Gasteiger partial charge on any atom is 0.251 e. The van der Waals surface area contributed by atoms with Crippen LogP contribution in [0.4, 0.5) is 0 Å². The Morgan fingerprint density at radius 2 is 2.12 bits per heavy atom. The topological polar surface area (TPSA) is 52.9 Å². The summed E-state index contributed by atoms with van der Waals surface area (Å²) in [5, 5.41) is 11.1. The van der Waals surface area contributed by atoms with Gasteiger partial charge in [0.15, 0.2) is 0 Å². The van der Waals surface area contributed by atoms with Crippen molar-refractivity contribution in [3.8, 4) is 6.07 Å². The lowest BCUT2D eigenvalue weighted by Gasteiger charge is -2.06. The molecule has 0 spiro atoms. The van der Waals surface area contributed by atoms with Crippen LogP contribution in [0.2, 0.25) is 0 Å². The Morgan fingerprint density at radius 3 is 2.75 bits per heavy atom. The molecule has 3 nitrogen and oxygen atoms in total. The molecule has 0 bridgehead atoms. The third kappa shape index (κ3) is 3.39. The zero-order valence-corrected chi connectivity index (χ0v) is 9.71. The molecule has 84 valence electrons. The molecule has 1 aromatic rings. The lowest BCUT2D eigenvalue weighted by atomic mass is 10.1. The van der Waals surface area contributed by atoms with Gasteiger partial charge in [-0.1, -0.05) is 6.07 Å². The van der Waals surface area contributed by atoms with Crippen LogP contribution in [0.25, 0.3) is 0 Å². The van der Waals surface area contributed by atoms with Gasteiger partial charge in [0.2, 0.25) is 0 Å². The van der Waals surface area contributed by atoms with Gasteiger partial charge < -0.3 is 5.32 Å². The largest absolute Gasteiger partial charge is 0.352 e. The van der Waals surface area contributed by atoms with Crippen LogP contribution in [0.5, 0.6) is 0 Å². The zero-order valence-electron chi connectivity index (χ0n) is 9.71. The molecule has 0 aliphatic rings. The Hall–Kier alpha value is -1.82. The Bertz CT molecular complexity index is 418. The highest BCUT2D eigenvalue weighted by Crippen LogP contribution is 2.09. The number of rotatable bonds is 4. The Kier molecular flexibility index (Phi) is 4.53. The molecule has 0 aliphatic heterocycles. The second kappa shape index (κ2) is 5.92. The number of hydrogen-bond donors (Lipinski definition) is 1. The van der Waals surface area contributed by atoms with Crippen molar-refractivity contribution in [2.45, 2.75) is 26.7 Å². The standard InChI is InChI=1S/C13H16N2O/c1-10-5-6-12(9-11(10)2)13(16)15-8-4-3-7-14/h5-6,9H,3-4,8H2,1-2H3,(H,15,16). The summed E-state index contributed by atoms with van der Waals surface area (Å²) in [4.78, 5) is 11.7. The molecule has 0 aliphatic carbocycles. The van der Waals surface area contributed by atoms with Crippen LogP contribution in [0.15, 0.2) is 18.2 Å². The van der Waals surface area contributed by atoms with E-state index < -0.39 is 0 Å². The quantitative estimate of drug-likeness (QED) is 0.785. The smallest absolute Gasteiger partial charge is 0.251 e. The van der Waals surface area contributed by atoms with Crippen molar-refractivity contribution in [1.29, 1.82) is 5.26 Å². The molecule has 0 unspecified atom stereocenters. The molecular weight excluding hydrogens is 200 g/mol. The van der Waals surface area contributed by atoms with Gasteiger partial charge in [-0.3, -0.25) is 4.79 Å². The SMILES string of the molecule is Cc1ccc(C(=O)NCCCC#N)cc1C. The van der Waals surface area contributed by atoms with Gasteiger partial charge in [0.1, 0.15) is 0 Å². The first-order chi connectivity index (χ1) is 7.65. The van der Waals surface area contributed by atoms with Crippen molar-refractivity contribution in [2.75, 3.05) is 6.54 Å². The van der Waals surface area contributed by atoms with Crippen molar-refractivity contribution < 1.29 is 4.79 Å². The number of nitrogens with zero attached hydrogens (tertiary/aromatic N) is 1. The number of benzene rings is 1.